The summed E-state index contributed by atoms with van der Waals surface area (Å²) in [5.41, 5.74) is 4.87. The van der Waals surface area contributed by atoms with Crippen LogP contribution in [0.2, 0.25) is 0 Å². The minimum absolute atomic E-state index is 0.315. The normalized spacial score (nSPS) is 44.1. The highest BCUT2D eigenvalue weighted by molar-refractivity contribution is 5.80. The number of rotatable bonds is 1. The van der Waals surface area contributed by atoms with Gasteiger partial charge in [-0.15, -0.1) is 0 Å². The Balaban J connectivity index is 1.34. The summed E-state index contributed by atoms with van der Waals surface area (Å²) in [5, 5.41) is 0. The van der Waals surface area contributed by atoms with Crippen molar-refractivity contribution in [2.45, 2.75) is 72.1 Å². The second kappa shape index (κ2) is 6.22. The third-order valence-corrected chi connectivity index (χ3v) is 10.2. The summed E-state index contributed by atoms with van der Waals surface area (Å²) in [4.78, 5) is 4.71. The monoisotopic (exact) mass is 388 g/mol. The molecule has 1 heterocycles. The second-order valence-corrected chi connectivity index (χ2v) is 11.4. The zero-order valence-electron chi connectivity index (χ0n) is 18.4. The van der Waals surface area contributed by atoms with E-state index in [-0.39, 0.29) is 0 Å². The Morgan fingerprint density at radius 1 is 1.00 bits per heavy atom. The molecular weight excluding hydrogens is 352 g/mol. The van der Waals surface area contributed by atoms with Gasteiger partial charge in [-0.3, -0.25) is 0 Å². The molecule has 4 aliphatic carbocycles. The maximum atomic E-state index is 4.71. The van der Waals surface area contributed by atoms with Crippen molar-refractivity contribution in [1.82, 2.24) is 9.55 Å². The van der Waals surface area contributed by atoms with Crippen molar-refractivity contribution in [2.24, 2.45) is 40.4 Å². The highest BCUT2D eigenvalue weighted by Crippen LogP contribution is 2.67. The van der Waals surface area contributed by atoms with Gasteiger partial charge in [0.1, 0.15) is 6.33 Å². The standard InChI is InChI=1S/C27H36N2/c1-18-12-14-26(2)19(16-18)8-9-20-21-10-11-25(27(21,3)15-13-22(20)26)29-17-28-23-6-4-5-7-24(23)29/h4-7,11,17-22H,8-10,12-16H2,1-3H3/t18-,19?,20?,21?,22?,26?,27?/m1/s1. The zero-order chi connectivity index (χ0) is 19.8. The third kappa shape index (κ3) is 2.44. The highest BCUT2D eigenvalue weighted by atomic mass is 15.1. The molecule has 6 unspecified atom stereocenters. The number of hydrogen-bond donors (Lipinski definition) is 0. The fourth-order valence-electron chi connectivity index (χ4n) is 8.54. The first-order valence-corrected chi connectivity index (χ1v) is 12.1. The van der Waals surface area contributed by atoms with Crippen LogP contribution in [-0.2, 0) is 0 Å². The summed E-state index contributed by atoms with van der Waals surface area (Å²) in [6.45, 7) is 7.76. The van der Waals surface area contributed by atoms with Crippen molar-refractivity contribution >= 4 is 16.7 Å². The van der Waals surface area contributed by atoms with Gasteiger partial charge in [-0.25, -0.2) is 4.98 Å². The number of hydrogen-bond acceptors (Lipinski definition) is 1. The maximum absolute atomic E-state index is 4.71. The first-order chi connectivity index (χ1) is 14.0. The molecule has 1 aromatic carbocycles. The molecule has 154 valence electrons. The molecule has 1 aromatic heterocycles. The van der Waals surface area contributed by atoms with Crippen LogP contribution in [0.5, 0.6) is 0 Å². The lowest BCUT2D eigenvalue weighted by Gasteiger charge is -2.61. The fourth-order valence-corrected chi connectivity index (χ4v) is 8.54. The zero-order valence-corrected chi connectivity index (χ0v) is 18.4. The van der Waals surface area contributed by atoms with Gasteiger partial charge in [-0.1, -0.05) is 45.4 Å². The molecule has 0 bridgehead atoms. The largest absolute Gasteiger partial charge is 0.302 e. The Morgan fingerprint density at radius 3 is 2.76 bits per heavy atom. The van der Waals surface area contributed by atoms with Crippen LogP contribution in [0, 0.1) is 40.4 Å². The van der Waals surface area contributed by atoms with Crippen molar-refractivity contribution in [3.05, 3.63) is 36.7 Å². The van der Waals surface area contributed by atoms with E-state index >= 15 is 0 Å². The van der Waals surface area contributed by atoms with Crippen LogP contribution < -0.4 is 0 Å². The van der Waals surface area contributed by atoms with Gasteiger partial charge < -0.3 is 4.57 Å². The molecule has 0 spiro atoms. The number of allylic oxidation sites excluding steroid dienone is 2. The molecule has 2 aromatic rings. The van der Waals surface area contributed by atoms with E-state index in [1.54, 1.807) is 5.70 Å². The fraction of sp³-hybridized carbons (Fsp3) is 0.667. The van der Waals surface area contributed by atoms with Crippen molar-refractivity contribution in [3.8, 4) is 0 Å². The Morgan fingerprint density at radius 2 is 1.86 bits per heavy atom. The van der Waals surface area contributed by atoms with Gasteiger partial charge >= 0.3 is 0 Å². The van der Waals surface area contributed by atoms with E-state index in [2.05, 4.69) is 62.0 Å². The van der Waals surface area contributed by atoms with E-state index in [0.717, 1.165) is 35.1 Å². The lowest BCUT2D eigenvalue weighted by atomic mass is 9.44. The van der Waals surface area contributed by atoms with Gasteiger partial charge in [0.15, 0.2) is 0 Å². The molecule has 3 saturated carbocycles. The van der Waals surface area contributed by atoms with Crippen molar-refractivity contribution in [2.75, 3.05) is 0 Å². The summed E-state index contributed by atoms with van der Waals surface area (Å²) in [6.07, 6.45) is 16.1. The molecular formula is C27H36N2. The predicted octanol–water partition coefficient (Wildman–Crippen LogP) is 7.17. The van der Waals surface area contributed by atoms with Gasteiger partial charge in [-0.2, -0.15) is 0 Å². The van der Waals surface area contributed by atoms with Gasteiger partial charge in [0, 0.05) is 11.1 Å². The molecule has 0 amide bonds. The molecule has 0 radical (unpaired) electrons. The predicted molar refractivity (Wildman–Crippen MR) is 120 cm³/mol. The number of nitrogens with zero attached hydrogens (tertiary/aromatic N) is 2. The molecule has 2 nitrogen and oxygen atoms in total. The summed E-state index contributed by atoms with van der Waals surface area (Å²) >= 11 is 0. The Kier molecular flexibility index (Phi) is 3.91. The minimum Gasteiger partial charge on any atom is -0.302 e. The van der Waals surface area contributed by atoms with Crippen LogP contribution >= 0.6 is 0 Å². The molecule has 2 heteroatoms. The van der Waals surface area contributed by atoms with E-state index in [1.807, 2.05) is 0 Å². The van der Waals surface area contributed by atoms with Crippen LogP contribution in [0.3, 0.4) is 0 Å². The average Bonchev–Trinajstić information content (AvgIpc) is 3.29. The minimum atomic E-state index is 0.315. The summed E-state index contributed by atoms with van der Waals surface area (Å²) in [5.74, 6) is 4.65. The summed E-state index contributed by atoms with van der Waals surface area (Å²) in [7, 11) is 0. The Bertz CT molecular complexity index is 970. The molecule has 0 saturated heterocycles. The summed E-state index contributed by atoms with van der Waals surface area (Å²) in [6, 6.07) is 8.63. The van der Waals surface area contributed by atoms with Crippen molar-refractivity contribution < 1.29 is 0 Å². The quantitative estimate of drug-likeness (QED) is 0.506. The van der Waals surface area contributed by atoms with E-state index in [9.17, 15) is 0 Å². The van der Waals surface area contributed by atoms with E-state index in [1.165, 1.54) is 56.9 Å². The van der Waals surface area contributed by atoms with Gasteiger partial charge in [-0.05, 0) is 92.1 Å². The lowest BCUT2D eigenvalue weighted by Crippen LogP contribution is -2.53. The lowest BCUT2D eigenvalue weighted by molar-refractivity contribution is -0.103. The van der Waals surface area contributed by atoms with Gasteiger partial charge in [0.05, 0.1) is 11.0 Å². The molecule has 0 N–H and O–H groups in total. The van der Waals surface area contributed by atoms with Crippen LogP contribution in [0.15, 0.2) is 36.7 Å². The van der Waals surface area contributed by atoms with Gasteiger partial charge in [0.2, 0.25) is 0 Å². The van der Waals surface area contributed by atoms with Crippen molar-refractivity contribution in [3.63, 3.8) is 0 Å². The van der Waals surface area contributed by atoms with E-state index in [4.69, 9.17) is 4.98 Å². The number of benzene rings is 1. The second-order valence-electron chi connectivity index (χ2n) is 11.4. The van der Waals surface area contributed by atoms with Crippen molar-refractivity contribution in [1.29, 1.82) is 0 Å². The number of fused-ring (bicyclic) bond motifs is 6. The third-order valence-electron chi connectivity index (χ3n) is 10.2. The SMILES string of the molecule is C[C@@H]1CCC2(C)C(CCC3C4CC=C(n5cnc6ccccc65)C4(C)CCC32)C1. The molecule has 6 rings (SSSR count). The van der Waals surface area contributed by atoms with Crippen LogP contribution in [-0.4, -0.2) is 9.55 Å². The summed E-state index contributed by atoms with van der Waals surface area (Å²) < 4.78 is 2.42. The number of imidazole rings is 1. The molecule has 29 heavy (non-hydrogen) atoms. The molecule has 0 aliphatic heterocycles. The molecule has 3 fully saturated rings. The maximum Gasteiger partial charge on any atom is 0.100 e. The first-order valence-electron chi connectivity index (χ1n) is 12.1. The molecule has 4 aliphatic rings. The number of para-hydroxylation sites is 2. The Labute approximate surface area is 175 Å². The van der Waals surface area contributed by atoms with Gasteiger partial charge in [0.25, 0.3) is 0 Å². The van der Waals surface area contributed by atoms with Crippen LogP contribution in [0.4, 0.5) is 0 Å². The van der Waals surface area contributed by atoms with Crippen LogP contribution in [0.25, 0.3) is 16.7 Å². The van der Waals surface area contributed by atoms with E-state index < -0.39 is 0 Å². The van der Waals surface area contributed by atoms with E-state index in [0.29, 0.717) is 10.8 Å². The molecule has 7 atom stereocenters. The first kappa shape index (κ1) is 18.2. The Hall–Kier alpha value is -1.57. The average molecular weight is 389 g/mol. The van der Waals surface area contributed by atoms with Crippen LogP contribution in [0.1, 0.15) is 72.1 Å². The number of aromatic nitrogens is 2. The smallest absolute Gasteiger partial charge is 0.100 e. The highest BCUT2D eigenvalue weighted by Gasteiger charge is 2.58. The topological polar surface area (TPSA) is 17.8 Å².